The van der Waals surface area contributed by atoms with Gasteiger partial charge < -0.3 is 4.74 Å². The van der Waals surface area contributed by atoms with Gasteiger partial charge >= 0.3 is 0 Å². The number of ether oxygens (including phenoxy) is 1. The molecule has 2 rings (SSSR count). The molecule has 0 saturated heterocycles. The van der Waals surface area contributed by atoms with Gasteiger partial charge in [0.15, 0.2) is 11.6 Å². The van der Waals surface area contributed by atoms with E-state index in [-0.39, 0.29) is 17.4 Å². The molecular weight excluding hydrogens is 258 g/mol. The van der Waals surface area contributed by atoms with Gasteiger partial charge in [-0.2, -0.15) is 0 Å². The molecule has 0 bridgehead atoms. The molecular formula is C14H11ClF2O. The van der Waals surface area contributed by atoms with Gasteiger partial charge in [0.1, 0.15) is 11.6 Å². The lowest BCUT2D eigenvalue weighted by atomic mass is 10.2. The van der Waals surface area contributed by atoms with E-state index in [1.807, 2.05) is 0 Å². The quantitative estimate of drug-likeness (QED) is 0.726. The lowest BCUT2D eigenvalue weighted by Gasteiger charge is -2.12. The van der Waals surface area contributed by atoms with Crippen molar-refractivity contribution in [3.8, 4) is 11.5 Å². The van der Waals surface area contributed by atoms with E-state index in [0.29, 0.717) is 16.9 Å². The third-order valence-electron chi connectivity index (χ3n) is 2.54. The second kappa shape index (κ2) is 5.36. The Morgan fingerprint density at radius 2 is 1.94 bits per heavy atom. The summed E-state index contributed by atoms with van der Waals surface area (Å²) < 4.78 is 32.1. The lowest BCUT2D eigenvalue weighted by Crippen LogP contribution is -1.95. The zero-order valence-electron chi connectivity index (χ0n) is 9.71. The van der Waals surface area contributed by atoms with Crippen molar-refractivity contribution >= 4 is 11.6 Å². The van der Waals surface area contributed by atoms with Gasteiger partial charge in [0.25, 0.3) is 0 Å². The molecule has 0 aliphatic rings. The van der Waals surface area contributed by atoms with E-state index < -0.39 is 5.82 Å². The summed E-state index contributed by atoms with van der Waals surface area (Å²) >= 11 is 5.73. The van der Waals surface area contributed by atoms with E-state index in [1.165, 1.54) is 24.3 Å². The van der Waals surface area contributed by atoms with E-state index in [0.717, 1.165) is 0 Å². The summed E-state index contributed by atoms with van der Waals surface area (Å²) in [6.07, 6.45) is 0. The van der Waals surface area contributed by atoms with Crippen LogP contribution in [0, 0.1) is 18.6 Å². The number of aryl methyl sites for hydroxylation is 1. The highest BCUT2D eigenvalue weighted by molar-refractivity contribution is 6.17. The van der Waals surface area contributed by atoms with Crippen LogP contribution in [0.3, 0.4) is 0 Å². The smallest absolute Gasteiger partial charge is 0.167 e. The normalized spacial score (nSPS) is 10.4. The highest BCUT2D eigenvalue weighted by Crippen LogP contribution is 2.31. The third kappa shape index (κ3) is 2.62. The number of hydrogen-bond acceptors (Lipinski definition) is 1. The summed E-state index contributed by atoms with van der Waals surface area (Å²) in [5.41, 5.74) is 1.15. The summed E-state index contributed by atoms with van der Waals surface area (Å²) in [4.78, 5) is 0. The number of alkyl halides is 1. The first-order valence-electron chi connectivity index (χ1n) is 5.39. The molecule has 0 aliphatic carbocycles. The second-order valence-electron chi connectivity index (χ2n) is 3.87. The molecule has 0 saturated carbocycles. The first-order valence-corrected chi connectivity index (χ1v) is 5.92. The lowest BCUT2D eigenvalue weighted by molar-refractivity contribution is 0.434. The molecule has 0 aliphatic heterocycles. The Balaban J connectivity index is 2.39. The first kappa shape index (κ1) is 12.8. The average molecular weight is 269 g/mol. The zero-order valence-corrected chi connectivity index (χ0v) is 10.5. The Morgan fingerprint density at radius 3 is 2.61 bits per heavy atom. The molecule has 2 aromatic carbocycles. The van der Waals surface area contributed by atoms with Gasteiger partial charge in [-0.25, -0.2) is 8.78 Å². The molecule has 0 spiro atoms. The van der Waals surface area contributed by atoms with E-state index in [1.54, 1.807) is 19.1 Å². The molecule has 0 fully saturated rings. The Kier molecular flexibility index (Phi) is 3.82. The van der Waals surface area contributed by atoms with Crippen LogP contribution in [0.15, 0.2) is 36.4 Å². The first-order chi connectivity index (χ1) is 8.61. The largest absolute Gasteiger partial charge is 0.454 e. The molecule has 0 N–H and O–H groups in total. The fraction of sp³-hybridized carbons (Fsp3) is 0.143. The molecule has 0 radical (unpaired) electrons. The fourth-order valence-electron chi connectivity index (χ4n) is 1.61. The van der Waals surface area contributed by atoms with Crippen molar-refractivity contribution in [2.24, 2.45) is 0 Å². The summed E-state index contributed by atoms with van der Waals surface area (Å²) in [6, 6.07) is 8.61. The molecule has 2 aromatic rings. The molecule has 0 unspecified atom stereocenters. The molecule has 18 heavy (non-hydrogen) atoms. The number of para-hydroxylation sites is 1. The average Bonchev–Trinajstić information content (AvgIpc) is 2.34. The minimum absolute atomic E-state index is 0.0854. The Hall–Kier alpha value is -1.61. The maximum Gasteiger partial charge on any atom is 0.167 e. The van der Waals surface area contributed by atoms with Crippen LogP contribution in [0.2, 0.25) is 0 Å². The number of benzene rings is 2. The van der Waals surface area contributed by atoms with Gasteiger partial charge in [0, 0.05) is 5.56 Å². The van der Waals surface area contributed by atoms with E-state index >= 15 is 0 Å². The summed E-state index contributed by atoms with van der Waals surface area (Å²) in [5.74, 6) is -0.203. The predicted octanol–water partition coefficient (Wildman–Crippen LogP) is 4.80. The van der Waals surface area contributed by atoms with Gasteiger partial charge in [-0.15, -0.1) is 11.6 Å². The second-order valence-corrected chi connectivity index (χ2v) is 4.14. The number of hydrogen-bond donors (Lipinski definition) is 0. The minimum Gasteiger partial charge on any atom is -0.454 e. The van der Waals surface area contributed by atoms with Crippen LogP contribution in [0.5, 0.6) is 11.5 Å². The van der Waals surface area contributed by atoms with Crippen molar-refractivity contribution < 1.29 is 13.5 Å². The summed E-state index contributed by atoms with van der Waals surface area (Å²) in [6.45, 7) is 1.69. The van der Waals surface area contributed by atoms with Gasteiger partial charge in [0.05, 0.1) is 5.88 Å². The minimum atomic E-state index is -0.489. The van der Waals surface area contributed by atoms with Gasteiger partial charge in [-0.1, -0.05) is 12.1 Å². The van der Waals surface area contributed by atoms with Crippen LogP contribution in [0.1, 0.15) is 11.1 Å². The van der Waals surface area contributed by atoms with Gasteiger partial charge in [-0.05, 0) is 36.8 Å². The number of halogens is 3. The molecule has 94 valence electrons. The topological polar surface area (TPSA) is 9.23 Å². The number of rotatable bonds is 3. The van der Waals surface area contributed by atoms with Crippen LogP contribution < -0.4 is 4.74 Å². The highest BCUT2D eigenvalue weighted by Gasteiger charge is 2.11. The van der Waals surface area contributed by atoms with Crippen LogP contribution in [-0.2, 0) is 5.88 Å². The van der Waals surface area contributed by atoms with Crippen molar-refractivity contribution in [1.82, 2.24) is 0 Å². The zero-order chi connectivity index (χ0) is 13.1. The third-order valence-corrected chi connectivity index (χ3v) is 2.83. The van der Waals surface area contributed by atoms with Crippen molar-refractivity contribution in [1.29, 1.82) is 0 Å². The van der Waals surface area contributed by atoms with Gasteiger partial charge in [0.2, 0.25) is 0 Å². The summed E-state index contributed by atoms with van der Waals surface area (Å²) in [7, 11) is 0. The molecule has 0 atom stereocenters. The maximum atomic E-state index is 13.7. The van der Waals surface area contributed by atoms with E-state index in [2.05, 4.69) is 0 Å². The Morgan fingerprint density at radius 1 is 1.17 bits per heavy atom. The molecule has 0 heterocycles. The van der Waals surface area contributed by atoms with Gasteiger partial charge in [-0.3, -0.25) is 0 Å². The fourth-order valence-corrected chi connectivity index (χ4v) is 1.82. The summed E-state index contributed by atoms with van der Waals surface area (Å²) in [5, 5.41) is 0. The van der Waals surface area contributed by atoms with Crippen molar-refractivity contribution in [3.63, 3.8) is 0 Å². The van der Waals surface area contributed by atoms with Crippen LogP contribution in [-0.4, -0.2) is 0 Å². The standard InChI is InChI=1S/C14H11ClF2O/c1-9-7-11(16)5-6-13(9)18-14-10(8-15)3-2-4-12(14)17/h2-7H,8H2,1H3. The van der Waals surface area contributed by atoms with Crippen LogP contribution >= 0.6 is 11.6 Å². The SMILES string of the molecule is Cc1cc(F)ccc1Oc1c(F)cccc1CCl. The van der Waals surface area contributed by atoms with E-state index in [4.69, 9.17) is 16.3 Å². The highest BCUT2D eigenvalue weighted by atomic mass is 35.5. The Bertz CT molecular complexity index is 570. The van der Waals surface area contributed by atoms with E-state index in [9.17, 15) is 8.78 Å². The molecule has 0 amide bonds. The van der Waals surface area contributed by atoms with Crippen molar-refractivity contribution in [2.45, 2.75) is 12.8 Å². The molecule has 4 heteroatoms. The predicted molar refractivity (Wildman–Crippen MR) is 67.2 cm³/mol. The molecule has 0 aromatic heterocycles. The van der Waals surface area contributed by atoms with Crippen LogP contribution in [0.4, 0.5) is 8.78 Å². The maximum absolute atomic E-state index is 13.7. The van der Waals surface area contributed by atoms with Crippen molar-refractivity contribution in [3.05, 3.63) is 59.2 Å². The monoisotopic (exact) mass is 268 g/mol. The van der Waals surface area contributed by atoms with Crippen molar-refractivity contribution in [2.75, 3.05) is 0 Å². The Labute approximate surface area is 109 Å². The molecule has 1 nitrogen and oxygen atoms in total. The van der Waals surface area contributed by atoms with Crippen LogP contribution in [0.25, 0.3) is 0 Å².